The average molecular weight is 495 g/mol. The summed E-state index contributed by atoms with van der Waals surface area (Å²) in [5.74, 6) is 1.74. The van der Waals surface area contributed by atoms with Gasteiger partial charge in [0.2, 0.25) is 5.95 Å². The van der Waals surface area contributed by atoms with Crippen LogP contribution in [0.15, 0.2) is 48.8 Å². The molecule has 1 unspecified atom stereocenters. The summed E-state index contributed by atoms with van der Waals surface area (Å²) in [7, 11) is 1.70. The van der Waals surface area contributed by atoms with Gasteiger partial charge >= 0.3 is 0 Å². The molecule has 1 aliphatic rings. The van der Waals surface area contributed by atoms with Crippen LogP contribution in [0.25, 0.3) is 5.69 Å². The van der Waals surface area contributed by atoms with Crippen LogP contribution in [0.2, 0.25) is 5.02 Å². The van der Waals surface area contributed by atoms with Crippen LogP contribution in [-0.2, 0) is 21.5 Å². The molecule has 1 aliphatic heterocycles. The minimum atomic E-state index is -1.42. The van der Waals surface area contributed by atoms with Gasteiger partial charge < -0.3 is 14.2 Å². The molecular formula is C23H31ClN4O4S. The Bertz CT molecular complexity index is 982. The first kappa shape index (κ1) is 26.6. The van der Waals surface area contributed by atoms with Crippen LogP contribution in [-0.4, -0.2) is 46.4 Å². The number of halogens is 1. The third kappa shape index (κ3) is 8.03. The van der Waals surface area contributed by atoms with E-state index in [0.717, 1.165) is 18.8 Å². The largest absolute Gasteiger partial charge is 0.494 e. The van der Waals surface area contributed by atoms with Crippen LogP contribution in [0.5, 0.6) is 11.5 Å². The molecule has 1 N–H and O–H groups in total. The number of hydrogen-bond donors (Lipinski definition) is 1. The Hall–Kier alpha value is -2.62. The molecule has 0 radical (unpaired) electrons. The summed E-state index contributed by atoms with van der Waals surface area (Å²) in [6, 6.07) is 12.6. The molecule has 0 saturated carbocycles. The predicted molar refractivity (Wildman–Crippen MR) is 133 cm³/mol. The number of para-hydroxylation sites is 1. The van der Waals surface area contributed by atoms with Crippen LogP contribution in [0.4, 0.5) is 5.95 Å². The molecular weight excluding hydrogens is 464 g/mol. The van der Waals surface area contributed by atoms with Crippen molar-refractivity contribution in [2.75, 3.05) is 32.2 Å². The summed E-state index contributed by atoms with van der Waals surface area (Å²) in [4.78, 5) is 0. The van der Waals surface area contributed by atoms with Crippen LogP contribution < -0.4 is 14.2 Å². The molecule has 2 aromatic carbocycles. The first-order valence-corrected chi connectivity index (χ1v) is 12.4. The van der Waals surface area contributed by atoms with E-state index < -0.39 is 11.0 Å². The summed E-state index contributed by atoms with van der Waals surface area (Å²) in [5.41, 5.74) is 1.47. The second-order valence-electron chi connectivity index (χ2n) is 6.58. The molecule has 0 aliphatic carbocycles. The second kappa shape index (κ2) is 14.5. The molecule has 180 valence electrons. The van der Waals surface area contributed by atoms with Gasteiger partial charge in [-0.1, -0.05) is 43.6 Å². The minimum absolute atomic E-state index is 0.274. The lowest BCUT2D eigenvalue weighted by molar-refractivity contribution is 0.198. The summed E-state index contributed by atoms with van der Waals surface area (Å²) in [6.45, 7) is 6.00. The highest BCUT2D eigenvalue weighted by Gasteiger charge is 2.17. The highest BCUT2D eigenvalue weighted by Crippen LogP contribution is 2.33. The van der Waals surface area contributed by atoms with Crippen molar-refractivity contribution in [1.29, 1.82) is 0 Å². The molecule has 1 aromatic heterocycles. The zero-order valence-corrected chi connectivity index (χ0v) is 21.0. The van der Waals surface area contributed by atoms with Gasteiger partial charge in [-0.05, 0) is 42.7 Å². The smallest absolute Gasteiger partial charge is 0.241 e. The number of aromatic nitrogens is 3. The number of nitrogens with one attached hydrogen (secondary N) is 1. The Balaban J connectivity index is 0.000000477. The molecule has 2 heterocycles. The monoisotopic (exact) mass is 494 g/mol. The van der Waals surface area contributed by atoms with E-state index in [4.69, 9.17) is 25.8 Å². The summed E-state index contributed by atoms with van der Waals surface area (Å²) in [5, 5.41) is 8.52. The van der Waals surface area contributed by atoms with Gasteiger partial charge in [-0.25, -0.2) is 4.21 Å². The van der Waals surface area contributed by atoms with Crippen LogP contribution in [0.1, 0.15) is 32.3 Å². The number of nitrogens with zero attached hydrogens (tertiary/aromatic N) is 3. The Morgan fingerprint density at radius 3 is 2.27 bits per heavy atom. The average Bonchev–Trinajstić information content (AvgIpc) is 3.55. The zero-order valence-electron chi connectivity index (χ0n) is 19.4. The van der Waals surface area contributed by atoms with E-state index in [-0.39, 0.29) is 5.75 Å². The Labute approximate surface area is 202 Å². The van der Waals surface area contributed by atoms with E-state index in [1.165, 1.54) is 19.2 Å². The number of rotatable bonds is 7. The number of methoxy groups -OCH3 is 2. The Morgan fingerprint density at radius 1 is 1.09 bits per heavy atom. The van der Waals surface area contributed by atoms with Crippen molar-refractivity contribution in [1.82, 2.24) is 14.8 Å². The lowest BCUT2D eigenvalue weighted by Crippen LogP contribution is -2.12. The number of hydrogen-bond acceptors (Lipinski definition) is 6. The second-order valence-corrected chi connectivity index (χ2v) is 8.20. The SMILES string of the molecule is C1CCOC1.CC.COc1cccc(OC)c1-n1cnnc1NS(=O)Cc1cccc(Cl)c1. The fraction of sp³-hybridized carbons (Fsp3) is 0.391. The molecule has 1 atom stereocenters. The van der Waals surface area contributed by atoms with E-state index >= 15 is 0 Å². The molecule has 1 fully saturated rings. The van der Waals surface area contributed by atoms with Crippen molar-refractivity contribution in [2.24, 2.45) is 0 Å². The van der Waals surface area contributed by atoms with Crippen LogP contribution in [0, 0.1) is 0 Å². The third-order valence-electron chi connectivity index (χ3n) is 4.41. The van der Waals surface area contributed by atoms with Crippen molar-refractivity contribution in [3.8, 4) is 17.2 Å². The lowest BCUT2D eigenvalue weighted by Gasteiger charge is -2.15. The van der Waals surface area contributed by atoms with Gasteiger partial charge in [-0.2, -0.15) is 0 Å². The Morgan fingerprint density at radius 2 is 1.73 bits per heavy atom. The Kier molecular flexibility index (Phi) is 11.7. The number of anilines is 1. The van der Waals surface area contributed by atoms with Crippen molar-refractivity contribution in [3.63, 3.8) is 0 Å². The molecule has 8 nitrogen and oxygen atoms in total. The molecule has 4 rings (SSSR count). The van der Waals surface area contributed by atoms with E-state index in [1.807, 2.05) is 32.0 Å². The lowest BCUT2D eigenvalue weighted by atomic mass is 10.2. The third-order valence-corrected chi connectivity index (χ3v) is 5.65. The topological polar surface area (TPSA) is 87.5 Å². The van der Waals surface area contributed by atoms with E-state index in [2.05, 4.69) is 14.9 Å². The zero-order chi connectivity index (χ0) is 24.1. The molecule has 0 spiro atoms. The highest BCUT2D eigenvalue weighted by atomic mass is 35.5. The van der Waals surface area contributed by atoms with Crippen molar-refractivity contribution in [2.45, 2.75) is 32.4 Å². The van der Waals surface area contributed by atoms with Crippen molar-refractivity contribution < 1.29 is 18.4 Å². The van der Waals surface area contributed by atoms with Gasteiger partial charge in [0, 0.05) is 18.2 Å². The summed E-state index contributed by atoms with van der Waals surface area (Å²) >= 11 is 5.97. The minimum Gasteiger partial charge on any atom is -0.494 e. The van der Waals surface area contributed by atoms with Gasteiger partial charge in [0.25, 0.3) is 0 Å². The first-order valence-electron chi connectivity index (χ1n) is 10.7. The maximum Gasteiger partial charge on any atom is 0.241 e. The predicted octanol–water partition coefficient (Wildman–Crippen LogP) is 5.04. The fourth-order valence-electron chi connectivity index (χ4n) is 2.96. The normalized spacial score (nSPS) is 13.1. The van der Waals surface area contributed by atoms with E-state index in [1.54, 1.807) is 43.1 Å². The van der Waals surface area contributed by atoms with E-state index in [0.29, 0.717) is 28.2 Å². The summed E-state index contributed by atoms with van der Waals surface area (Å²) in [6.07, 6.45) is 4.05. The molecule has 0 amide bonds. The fourth-order valence-corrected chi connectivity index (χ4v) is 4.07. The molecule has 1 saturated heterocycles. The first-order chi connectivity index (χ1) is 16.1. The summed E-state index contributed by atoms with van der Waals surface area (Å²) < 4.78 is 32.8. The van der Waals surface area contributed by atoms with Crippen molar-refractivity contribution in [3.05, 3.63) is 59.4 Å². The molecule has 3 aromatic rings. The van der Waals surface area contributed by atoms with Gasteiger partial charge in [0.05, 0.1) is 20.0 Å². The van der Waals surface area contributed by atoms with Crippen molar-refractivity contribution >= 4 is 28.5 Å². The maximum atomic E-state index is 12.5. The van der Waals surface area contributed by atoms with Crippen LogP contribution >= 0.6 is 11.6 Å². The van der Waals surface area contributed by atoms with E-state index in [9.17, 15) is 4.21 Å². The van der Waals surface area contributed by atoms with Gasteiger partial charge in [-0.15, -0.1) is 10.2 Å². The van der Waals surface area contributed by atoms with Gasteiger partial charge in [0.15, 0.2) is 0 Å². The quantitative estimate of drug-likeness (QED) is 0.495. The standard InChI is InChI=1S/C17H17ClN4O3S.C4H8O.C2H6/c1-24-14-7-4-8-15(25-2)16(14)22-11-19-20-17(22)21-26(23)10-12-5-3-6-13(18)9-12;1-2-4-5-3-1;1-2/h3-9,11H,10H2,1-2H3,(H,20,21);1-4H2;1-2H3. The van der Waals surface area contributed by atoms with Gasteiger partial charge in [0.1, 0.15) is 34.5 Å². The number of ether oxygens (including phenoxy) is 3. The highest BCUT2D eigenvalue weighted by molar-refractivity contribution is 7.85. The molecule has 33 heavy (non-hydrogen) atoms. The number of benzene rings is 2. The van der Waals surface area contributed by atoms with Gasteiger partial charge in [-0.3, -0.25) is 9.29 Å². The van der Waals surface area contributed by atoms with Crippen LogP contribution in [0.3, 0.4) is 0 Å². The molecule has 0 bridgehead atoms. The maximum absolute atomic E-state index is 12.5. The molecule has 10 heteroatoms.